The topological polar surface area (TPSA) is 45.6 Å². The number of halogens is 3. The Bertz CT molecular complexity index is 698. The molecule has 23 heavy (non-hydrogen) atoms. The van der Waals surface area contributed by atoms with Gasteiger partial charge in [-0.3, -0.25) is 0 Å². The summed E-state index contributed by atoms with van der Waals surface area (Å²) in [5, 5.41) is 9.63. The largest absolute Gasteiger partial charge is 0.508 e. The molecule has 4 nitrogen and oxygen atoms in total. The number of rotatable bonds is 2. The number of aromatic nitrogens is 1. The third-order valence-electron chi connectivity index (χ3n) is 3.66. The van der Waals surface area contributed by atoms with Crippen LogP contribution in [0.5, 0.6) is 5.75 Å². The smallest absolute Gasteiger partial charge is 0.417 e. The van der Waals surface area contributed by atoms with Gasteiger partial charge in [-0.1, -0.05) is 12.1 Å². The van der Waals surface area contributed by atoms with Gasteiger partial charge < -0.3 is 14.7 Å². The summed E-state index contributed by atoms with van der Waals surface area (Å²) in [5.74, 6) is 0.458. The molecule has 2 heterocycles. The van der Waals surface area contributed by atoms with Gasteiger partial charge in [-0.2, -0.15) is 13.2 Å². The van der Waals surface area contributed by atoms with E-state index in [1.54, 1.807) is 12.1 Å². The first-order valence-corrected chi connectivity index (χ1v) is 7.14. The highest BCUT2D eigenvalue weighted by atomic mass is 19.4. The molecule has 1 aliphatic heterocycles. The van der Waals surface area contributed by atoms with E-state index >= 15 is 0 Å². The van der Waals surface area contributed by atoms with Crippen molar-refractivity contribution in [1.29, 1.82) is 0 Å². The molecule has 1 aromatic heterocycles. The van der Waals surface area contributed by atoms with Crippen molar-refractivity contribution in [1.82, 2.24) is 4.98 Å². The van der Waals surface area contributed by atoms with E-state index in [1.165, 1.54) is 12.1 Å². The molecule has 0 amide bonds. The normalized spacial score (nSPS) is 15.7. The third-order valence-corrected chi connectivity index (χ3v) is 3.66. The maximum absolute atomic E-state index is 13.0. The summed E-state index contributed by atoms with van der Waals surface area (Å²) in [7, 11) is 0. The van der Waals surface area contributed by atoms with Gasteiger partial charge in [0, 0.05) is 24.8 Å². The second kappa shape index (κ2) is 6.08. The summed E-state index contributed by atoms with van der Waals surface area (Å²) in [6.07, 6.45) is -3.63. The van der Waals surface area contributed by atoms with Crippen LogP contribution in [0.4, 0.5) is 19.0 Å². The number of alkyl halides is 3. The van der Waals surface area contributed by atoms with Crippen LogP contribution in [-0.4, -0.2) is 36.4 Å². The third kappa shape index (κ3) is 3.39. The zero-order valence-electron chi connectivity index (χ0n) is 12.2. The van der Waals surface area contributed by atoms with Crippen LogP contribution in [0, 0.1) is 0 Å². The summed E-state index contributed by atoms with van der Waals surface area (Å²) < 4.78 is 44.3. The highest BCUT2D eigenvalue weighted by molar-refractivity contribution is 5.77. The van der Waals surface area contributed by atoms with Crippen LogP contribution < -0.4 is 4.90 Å². The number of aromatic hydroxyl groups is 1. The molecule has 0 aliphatic carbocycles. The number of morpholine rings is 1. The second-order valence-corrected chi connectivity index (χ2v) is 5.24. The molecule has 0 radical (unpaired) electrons. The Morgan fingerprint density at radius 1 is 1.13 bits per heavy atom. The number of anilines is 1. The fourth-order valence-electron chi connectivity index (χ4n) is 2.53. The average Bonchev–Trinajstić information content (AvgIpc) is 2.54. The summed E-state index contributed by atoms with van der Waals surface area (Å²) in [6, 6.07) is 7.22. The minimum absolute atomic E-state index is 0.00663. The van der Waals surface area contributed by atoms with Crippen molar-refractivity contribution in [3.63, 3.8) is 0 Å². The number of nitrogens with zero attached hydrogens (tertiary/aromatic N) is 2. The monoisotopic (exact) mass is 324 g/mol. The van der Waals surface area contributed by atoms with Crippen LogP contribution in [0.2, 0.25) is 0 Å². The zero-order chi connectivity index (χ0) is 16.4. The van der Waals surface area contributed by atoms with Crippen molar-refractivity contribution >= 4 is 5.82 Å². The van der Waals surface area contributed by atoms with Crippen LogP contribution in [0.1, 0.15) is 5.56 Å². The minimum atomic E-state index is -4.47. The molecule has 1 aromatic carbocycles. The molecule has 0 spiro atoms. The Morgan fingerprint density at radius 2 is 1.87 bits per heavy atom. The highest BCUT2D eigenvalue weighted by Gasteiger charge is 2.32. The van der Waals surface area contributed by atoms with Crippen molar-refractivity contribution in [2.75, 3.05) is 31.2 Å². The lowest BCUT2D eigenvalue weighted by molar-refractivity contribution is -0.137. The Kier molecular flexibility index (Phi) is 4.12. The number of hydrogen-bond acceptors (Lipinski definition) is 4. The van der Waals surface area contributed by atoms with Gasteiger partial charge in [0.2, 0.25) is 0 Å². The van der Waals surface area contributed by atoms with Crippen LogP contribution in [-0.2, 0) is 10.9 Å². The lowest BCUT2D eigenvalue weighted by atomic mass is 10.0. The zero-order valence-corrected chi connectivity index (χ0v) is 12.2. The molecular weight excluding hydrogens is 309 g/mol. The number of phenols is 1. The van der Waals surface area contributed by atoms with Crippen LogP contribution >= 0.6 is 0 Å². The van der Waals surface area contributed by atoms with Crippen LogP contribution in [0.3, 0.4) is 0 Å². The first-order chi connectivity index (χ1) is 10.9. The predicted molar refractivity (Wildman–Crippen MR) is 79.4 cm³/mol. The number of ether oxygens (including phenoxy) is 1. The summed E-state index contributed by atoms with van der Waals surface area (Å²) >= 11 is 0. The molecule has 0 bridgehead atoms. The fourth-order valence-corrected chi connectivity index (χ4v) is 2.53. The predicted octanol–water partition coefficient (Wildman–Crippen LogP) is 3.31. The molecule has 1 aliphatic rings. The van der Waals surface area contributed by atoms with Gasteiger partial charge in [0.15, 0.2) is 0 Å². The quantitative estimate of drug-likeness (QED) is 0.920. The molecule has 122 valence electrons. The van der Waals surface area contributed by atoms with E-state index < -0.39 is 11.7 Å². The molecule has 1 N–H and O–H groups in total. The molecule has 0 unspecified atom stereocenters. The standard InChI is InChI=1S/C16H15F3N2O2/c17-16(18,19)12-9-14(11-2-1-3-13(22)8-11)15(20-10-12)21-4-6-23-7-5-21/h1-3,8-10,22H,4-7H2. The Hall–Kier alpha value is -2.28. The van der Waals surface area contributed by atoms with Crippen molar-refractivity contribution < 1.29 is 23.0 Å². The van der Waals surface area contributed by atoms with Crippen molar-refractivity contribution in [2.45, 2.75) is 6.18 Å². The SMILES string of the molecule is Oc1cccc(-c2cc(C(F)(F)F)cnc2N2CCOCC2)c1. The summed E-state index contributed by atoms with van der Waals surface area (Å²) in [4.78, 5) is 5.94. The van der Waals surface area contributed by atoms with Gasteiger partial charge in [0.05, 0.1) is 18.8 Å². The van der Waals surface area contributed by atoms with Crippen molar-refractivity contribution in [3.8, 4) is 16.9 Å². The van der Waals surface area contributed by atoms with Crippen molar-refractivity contribution in [3.05, 3.63) is 42.1 Å². The van der Waals surface area contributed by atoms with Gasteiger partial charge in [-0.15, -0.1) is 0 Å². The maximum atomic E-state index is 13.0. The van der Waals surface area contributed by atoms with E-state index in [0.717, 1.165) is 12.3 Å². The molecule has 1 saturated heterocycles. The molecule has 0 atom stereocenters. The van der Waals surface area contributed by atoms with E-state index in [-0.39, 0.29) is 5.75 Å². The van der Waals surface area contributed by atoms with E-state index in [4.69, 9.17) is 4.74 Å². The van der Waals surface area contributed by atoms with E-state index in [2.05, 4.69) is 4.98 Å². The highest BCUT2D eigenvalue weighted by Crippen LogP contribution is 2.37. The van der Waals surface area contributed by atoms with Crippen molar-refractivity contribution in [2.24, 2.45) is 0 Å². The molecule has 7 heteroatoms. The minimum Gasteiger partial charge on any atom is -0.508 e. The molecule has 2 aromatic rings. The fraction of sp³-hybridized carbons (Fsp3) is 0.312. The number of pyridine rings is 1. The van der Waals surface area contributed by atoms with Gasteiger partial charge in [-0.25, -0.2) is 4.98 Å². The second-order valence-electron chi connectivity index (χ2n) is 5.24. The first-order valence-electron chi connectivity index (χ1n) is 7.14. The Labute approximate surface area is 131 Å². The Balaban J connectivity index is 2.11. The number of benzene rings is 1. The number of hydrogen-bond donors (Lipinski definition) is 1. The van der Waals surface area contributed by atoms with Crippen LogP contribution in [0.15, 0.2) is 36.5 Å². The van der Waals surface area contributed by atoms with E-state index in [1.807, 2.05) is 4.90 Å². The molecule has 0 saturated carbocycles. The lowest BCUT2D eigenvalue weighted by Gasteiger charge is -2.30. The van der Waals surface area contributed by atoms with Gasteiger partial charge in [-0.05, 0) is 23.8 Å². The number of phenolic OH excluding ortho intramolecular Hbond substituents is 1. The first kappa shape index (κ1) is 15.6. The Morgan fingerprint density at radius 3 is 2.52 bits per heavy atom. The molecule has 3 rings (SSSR count). The van der Waals surface area contributed by atoms with Crippen LogP contribution in [0.25, 0.3) is 11.1 Å². The molecular formula is C16H15F3N2O2. The summed E-state index contributed by atoms with van der Waals surface area (Å²) in [6.45, 7) is 2.12. The van der Waals surface area contributed by atoms with Gasteiger partial charge in [0.25, 0.3) is 0 Å². The molecule has 1 fully saturated rings. The average molecular weight is 324 g/mol. The lowest BCUT2D eigenvalue weighted by Crippen LogP contribution is -2.37. The van der Waals surface area contributed by atoms with E-state index in [9.17, 15) is 18.3 Å². The van der Waals surface area contributed by atoms with Gasteiger partial charge >= 0.3 is 6.18 Å². The summed E-state index contributed by atoms with van der Waals surface area (Å²) in [5.41, 5.74) is 0.0237. The van der Waals surface area contributed by atoms with E-state index in [0.29, 0.717) is 43.2 Å². The maximum Gasteiger partial charge on any atom is 0.417 e. The van der Waals surface area contributed by atoms with Gasteiger partial charge in [0.1, 0.15) is 11.6 Å².